The minimum absolute atomic E-state index is 0.121. The maximum Gasteiger partial charge on any atom is 0.573 e. The van der Waals surface area contributed by atoms with E-state index in [9.17, 15) is 17.6 Å². The zero-order valence-corrected chi connectivity index (χ0v) is 9.21. The highest BCUT2D eigenvalue weighted by Gasteiger charge is 2.34. The number of hydrogen-bond donors (Lipinski definition) is 0. The number of nitriles is 1. The van der Waals surface area contributed by atoms with Gasteiger partial charge in [-0.2, -0.15) is 5.26 Å². The molecule has 0 aliphatic rings. The SMILES string of the molecule is COc1c(CF)ncc(CC#N)c1OC(F)(F)F. The van der Waals surface area contributed by atoms with Gasteiger partial charge in [-0.25, -0.2) is 4.39 Å². The van der Waals surface area contributed by atoms with E-state index in [1.54, 1.807) is 6.07 Å². The predicted molar refractivity (Wildman–Crippen MR) is 51.6 cm³/mol. The maximum atomic E-state index is 12.6. The molecule has 0 aliphatic carbocycles. The van der Waals surface area contributed by atoms with Gasteiger partial charge in [0.25, 0.3) is 0 Å². The molecular formula is C10H8F4N2O2. The molecule has 98 valence electrons. The first kappa shape index (κ1) is 14.0. The standard InChI is InChI=1S/C10H8F4N2O2/c1-17-9-7(4-11)16-5-6(2-3-15)8(9)18-10(12,13)14/h5H,2,4H2,1H3. The van der Waals surface area contributed by atoms with Crippen molar-refractivity contribution >= 4 is 0 Å². The Morgan fingerprint density at radius 1 is 1.39 bits per heavy atom. The first-order valence-electron chi connectivity index (χ1n) is 4.66. The van der Waals surface area contributed by atoms with Crippen LogP contribution < -0.4 is 9.47 Å². The van der Waals surface area contributed by atoms with Crippen LogP contribution in [0.1, 0.15) is 11.3 Å². The van der Waals surface area contributed by atoms with E-state index in [4.69, 9.17) is 5.26 Å². The quantitative estimate of drug-likeness (QED) is 0.784. The Bertz CT molecular complexity index is 468. The van der Waals surface area contributed by atoms with Crippen molar-refractivity contribution in [3.05, 3.63) is 17.5 Å². The molecule has 0 aromatic carbocycles. The smallest absolute Gasteiger partial charge is 0.491 e. The molecule has 1 heterocycles. The molecular weight excluding hydrogens is 256 g/mol. The minimum Gasteiger partial charge on any atom is -0.491 e. The highest BCUT2D eigenvalue weighted by molar-refractivity contribution is 5.49. The largest absolute Gasteiger partial charge is 0.573 e. The maximum absolute atomic E-state index is 12.6. The summed E-state index contributed by atoms with van der Waals surface area (Å²) in [4.78, 5) is 3.58. The summed E-state index contributed by atoms with van der Waals surface area (Å²) in [5.74, 6) is -1.18. The van der Waals surface area contributed by atoms with Gasteiger partial charge in [0.05, 0.1) is 19.6 Å². The van der Waals surface area contributed by atoms with Crippen LogP contribution in [-0.4, -0.2) is 18.5 Å². The number of ether oxygens (including phenoxy) is 2. The Kier molecular flexibility index (Phi) is 4.31. The summed E-state index contributed by atoms with van der Waals surface area (Å²) in [6.07, 6.45) is -4.37. The monoisotopic (exact) mass is 264 g/mol. The summed E-state index contributed by atoms with van der Waals surface area (Å²) in [5.41, 5.74) is -0.442. The molecule has 8 heteroatoms. The summed E-state index contributed by atoms with van der Waals surface area (Å²) in [6, 6.07) is 1.66. The van der Waals surface area contributed by atoms with Gasteiger partial charge < -0.3 is 9.47 Å². The summed E-state index contributed by atoms with van der Waals surface area (Å²) >= 11 is 0. The number of halogens is 4. The van der Waals surface area contributed by atoms with Gasteiger partial charge in [0, 0.05) is 11.8 Å². The lowest BCUT2D eigenvalue weighted by Crippen LogP contribution is -2.19. The zero-order chi connectivity index (χ0) is 13.8. The third kappa shape index (κ3) is 3.23. The summed E-state index contributed by atoms with van der Waals surface area (Å²) < 4.78 is 57.7. The molecule has 0 saturated heterocycles. The van der Waals surface area contributed by atoms with E-state index >= 15 is 0 Å². The Balaban J connectivity index is 3.34. The van der Waals surface area contributed by atoms with Gasteiger partial charge in [0.1, 0.15) is 12.4 Å². The van der Waals surface area contributed by atoms with Crippen LogP contribution in [0, 0.1) is 11.3 Å². The van der Waals surface area contributed by atoms with Crippen LogP contribution in [0.5, 0.6) is 11.5 Å². The van der Waals surface area contributed by atoms with E-state index in [-0.39, 0.29) is 17.7 Å². The van der Waals surface area contributed by atoms with E-state index in [1.807, 2.05) is 0 Å². The lowest BCUT2D eigenvalue weighted by molar-refractivity contribution is -0.275. The highest BCUT2D eigenvalue weighted by Crippen LogP contribution is 2.37. The van der Waals surface area contributed by atoms with Crippen LogP contribution in [0.4, 0.5) is 17.6 Å². The molecule has 0 saturated carbocycles. The summed E-state index contributed by atoms with van der Waals surface area (Å²) in [5, 5.41) is 8.50. The number of rotatable bonds is 4. The molecule has 1 aromatic rings. The second kappa shape index (κ2) is 5.53. The van der Waals surface area contributed by atoms with E-state index < -0.39 is 24.5 Å². The summed E-state index contributed by atoms with van der Waals surface area (Å²) in [6.45, 7) is -1.11. The second-order valence-corrected chi connectivity index (χ2v) is 3.11. The van der Waals surface area contributed by atoms with Crippen molar-refractivity contribution < 1.29 is 27.0 Å². The molecule has 0 spiro atoms. The van der Waals surface area contributed by atoms with E-state index in [1.165, 1.54) is 0 Å². The topological polar surface area (TPSA) is 55.1 Å². The van der Waals surface area contributed by atoms with Crippen LogP contribution >= 0.6 is 0 Å². The number of alkyl halides is 4. The molecule has 18 heavy (non-hydrogen) atoms. The third-order valence-corrected chi connectivity index (χ3v) is 1.95. The fraction of sp³-hybridized carbons (Fsp3) is 0.400. The Morgan fingerprint density at radius 2 is 2.06 bits per heavy atom. The van der Waals surface area contributed by atoms with Gasteiger partial charge in [-0.3, -0.25) is 4.98 Å². The average molecular weight is 264 g/mol. The van der Waals surface area contributed by atoms with Crippen LogP contribution in [0.3, 0.4) is 0 Å². The molecule has 0 unspecified atom stereocenters. The predicted octanol–water partition coefficient (Wildman–Crippen LogP) is 2.52. The second-order valence-electron chi connectivity index (χ2n) is 3.11. The molecule has 1 rings (SSSR count). The molecule has 0 aliphatic heterocycles. The summed E-state index contributed by atoms with van der Waals surface area (Å²) in [7, 11) is 1.07. The van der Waals surface area contributed by atoms with Crippen molar-refractivity contribution in [1.29, 1.82) is 5.26 Å². The van der Waals surface area contributed by atoms with E-state index in [2.05, 4.69) is 14.5 Å². The van der Waals surface area contributed by atoms with Crippen LogP contribution in [0.25, 0.3) is 0 Å². The van der Waals surface area contributed by atoms with Gasteiger partial charge in [0.2, 0.25) is 0 Å². The van der Waals surface area contributed by atoms with Gasteiger partial charge in [0.15, 0.2) is 11.5 Å². The molecule has 0 N–H and O–H groups in total. The van der Waals surface area contributed by atoms with Gasteiger partial charge in [-0.1, -0.05) is 0 Å². The minimum atomic E-state index is -4.97. The fourth-order valence-corrected chi connectivity index (χ4v) is 1.29. The van der Waals surface area contributed by atoms with Gasteiger partial charge in [-0.15, -0.1) is 13.2 Å². The van der Waals surface area contributed by atoms with Crippen molar-refractivity contribution in [3.63, 3.8) is 0 Å². The van der Waals surface area contributed by atoms with Crippen LogP contribution in [0.2, 0.25) is 0 Å². The molecule has 0 atom stereocenters. The number of aromatic nitrogens is 1. The Morgan fingerprint density at radius 3 is 2.50 bits per heavy atom. The normalized spacial score (nSPS) is 10.9. The molecule has 0 bridgehead atoms. The van der Waals surface area contributed by atoms with Crippen molar-refractivity contribution in [3.8, 4) is 17.6 Å². The van der Waals surface area contributed by atoms with Crippen molar-refractivity contribution in [2.24, 2.45) is 0 Å². The highest BCUT2D eigenvalue weighted by atomic mass is 19.4. The van der Waals surface area contributed by atoms with Crippen molar-refractivity contribution in [1.82, 2.24) is 4.98 Å². The number of pyridine rings is 1. The van der Waals surface area contributed by atoms with Gasteiger partial charge >= 0.3 is 6.36 Å². The van der Waals surface area contributed by atoms with Crippen molar-refractivity contribution in [2.45, 2.75) is 19.5 Å². The van der Waals surface area contributed by atoms with Crippen molar-refractivity contribution in [2.75, 3.05) is 7.11 Å². The molecule has 0 radical (unpaired) electrons. The lowest BCUT2D eigenvalue weighted by atomic mass is 10.1. The number of methoxy groups -OCH3 is 1. The number of nitrogens with zero attached hydrogens (tertiary/aromatic N) is 2. The van der Waals surface area contributed by atoms with Crippen LogP contribution in [-0.2, 0) is 13.1 Å². The first-order valence-corrected chi connectivity index (χ1v) is 4.66. The molecule has 0 fully saturated rings. The lowest BCUT2D eigenvalue weighted by Gasteiger charge is -2.16. The average Bonchev–Trinajstić information content (AvgIpc) is 2.29. The van der Waals surface area contributed by atoms with E-state index in [0.717, 1.165) is 13.3 Å². The molecule has 0 amide bonds. The Labute approximate surface area is 99.8 Å². The van der Waals surface area contributed by atoms with Crippen LogP contribution in [0.15, 0.2) is 6.20 Å². The fourth-order valence-electron chi connectivity index (χ4n) is 1.29. The van der Waals surface area contributed by atoms with E-state index in [0.29, 0.717) is 0 Å². The zero-order valence-electron chi connectivity index (χ0n) is 9.21. The van der Waals surface area contributed by atoms with Gasteiger partial charge in [-0.05, 0) is 0 Å². The number of hydrogen-bond acceptors (Lipinski definition) is 4. The molecule has 4 nitrogen and oxygen atoms in total. The first-order chi connectivity index (χ1) is 8.42. The Hall–Kier alpha value is -2.04. The third-order valence-electron chi connectivity index (χ3n) is 1.95. The molecule has 1 aromatic heterocycles.